The van der Waals surface area contributed by atoms with Crippen LogP contribution in [0.15, 0.2) is 36.4 Å². The maximum absolute atomic E-state index is 13.0. The van der Waals surface area contributed by atoms with Gasteiger partial charge in [-0.1, -0.05) is 23.7 Å². The summed E-state index contributed by atoms with van der Waals surface area (Å²) in [6, 6.07) is 6.94. The fourth-order valence-electron chi connectivity index (χ4n) is 1.76. The monoisotopic (exact) mass is 331 g/mol. The van der Waals surface area contributed by atoms with Gasteiger partial charge in [0.05, 0.1) is 16.3 Å². The SMILES string of the molecule is Nc1cccc(C(F)(F)F)c1Oc1cccc(C(=O)O)c1Cl. The number of aromatic carboxylic acids is 1. The third kappa shape index (κ3) is 3.09. The molecule has 0 bridgehead atoms. The van der Waals surface area contributed by atoms with Gasteiger partial charge < -0.3 is 15.6 Å². The van der Waals surface area contributed by atoms with Crippen LogP contribution < -0.4 is 10.5 Å². The zero-order valence-corrected chi connectivity index (χ0v) is 11.6. The molecule has 2 aromatic rings. The van der Waals surface area contributed by atoms with Crippen molar-refractivity contribution in [3.8, 4) is 11.5 Å². The molecule has 0 aromatic heterocycles. The lowest BCUT2D eigenvalue weighted by Crippen LogP contribution is -2.09. The lowest BCUT2D eigenvalue weighted by molar-refractivity contribution is -0.138. The molecule has 8 heteroatoms. The molecule has 0 saturated heterocycles. The second-order valence-electron chi connectivity index (χ2n) is 4.25. The summed E-state index contributed by atoms with van der Waals surface area (Å²) in [6.45, 7) is 0. The van der Waals surface area contributed by atoms with Crippen molar-refractivity contribution in [1.82, 2.24) is 0 Å². The molecular weight excluding hydrogens is 323 g/mol. The number of halogens is 4. The summed E-state index contributed by atoms with van der Waals surface area (Å²) in [5.41, 5.74) is 3.92. The highest BCUT2D eigenvalue weighted by Crippen LogP contribution is 2.43. The van der Waals surface area contributed by atoms with Gasteiger partial charge in [-0.3, -0.25) is 0 Å². The molecule has 0 aliphatic carbocycles. The molecule has 0 radical (unpaired) electrons. The van der Waals surface area contributed by atoms with Crippen LogP contribution in [0.1, 0.15) is 15.9 Å². The standard InChI is InChI=1S/C14H9ClF3NO3/c15-11-7(13(20)21)3-1-6-10(11)22-12-8(14(16,17)18)4-2-5-9(12)19/h1-6H,19H2,(H,20,21). The molecule has 0 unspecified atom stereocenters. The lowest BCUT2D eigenvalue weighted by atomic mass is 10.1. The summed E-state index contributed by atoms with van der Waals surface area (Å²) in [4.78, 5) is 11.0. The van der Waals surface area contributed by atoms with Crippen LogP contribution in [-0.4, -0.2) is 11.1 Å². The molecule has 0 saturated carbocycles. The van der Waals surface area contributed by atoms with Gasteiger partial charge in [0.2, 0.25) is 0 Å². The molecule has 0 aliphatic heterocycles. The molecule has 0 atom stereocenters. The number of hydrogen-bond donors (Lipinski definition) is 2. The fraction of sp³-hybridized carbons (Fsp3) is 0.0714. The molecule has 4 nitrogen and oxygen atoms in total. The van der Waals surface area contributed by atoms with Crippen LogP contribution in [0.2, 0.25) is 5.02 Å². The van der Waals surface area contributed by atoms with Crippen LogP contribution in [0.25, 0.3) is 0 Å². The first kappa shape index (κ1) is 16.0. The Morgan fingerprint density at radius 2 is 1.82 bits per heavy atom. The molecule has 0 amide bonds. The van der Waals surface area contributed by atoms with E-state index in [1.165, 1.54) is 24.3 Å². The van der Waals surface area contributed by atoms with Crippen molar-refractivity contribution in [2.45, 2.75) is 6.18 Å². The number of alkyl halides is 3. The highest BCUT2D eigenvalue weighted by Gasteiger charge is 2.35. The number of carboxylic acids is 1. The second kappa shape index (κ2) is 5.76. The Balaban J connectivity index is 2.53. The topological polar surface area (TPSA) is 72.5 Å². The Morgan fingerprint density at radius 1 is 1.18 bits per heavy atom. The predicted molar refractivity (Wildman–Crippen MR) is 74.3 cm³/mol. The van der Waals surface area contributed by atoms with Gasteiger partial charge in [-0.25, -0.2) is 4.79 Å². The van der Waals surface area contributed by atoms with Crippen LogP contribution in [-0.2, 0) is 6.18 Å². The van der Waals surface area contributed by atoms with Crippen molar-refractivity contribution < 1.29 is 27.8 Å². The van der Waals surface area contributed by atoms with Crippen LogP contribution in [0.3, 0.4) is 0 Å². The molecule has 0 spiro atoms. The van der Waals surface area contributed by atoms with Gasteiger partial charge >= 0.3 is 12.1 Å². The molecule has 22 heavy (non-hydrogen) atoms. The van der Waals surface area contributed by atoms with Gasteiger partial charge in [0, 0.05) is 0 Å². The van der Waals surface area contributed by atoms with Crippen molar-refractivity contribution in [2.75, 3.05) is 5.73 Å². The first-order valence-electron chi connectivity index (χ1n) is 5.87. The Morgan fingerprint density at radius 3 is 2.41 bits per heavy atom. The van der Waals surface area contributed by atoms with Gasteiger partial charge in [-0.15, -0.1) is 0 Å². The molecule has 2 rings (SSSR count). The number of carboxylic acid groups (broad SMARTS) is 1. The van der Waals surface area contributed by atoms with Crippen LogP contribution >= 0.6 is 11.6 Å². The molecule has 0 heterocycles. The molecule has 116 valence electrons. The first-order chi connectivity index (χ1) is 10.2. The highest BCUT2D eigenvalue weighted by atomic mass is 35.5. The summed E-state index contributed by atoms with van der Waals surface area (Å²) in [7, 11) is 0. The molecule has 0 aliphatic rings. The van der Waals surface area contributed by atoms with Crippen LogP contribution in [0.4, 0.5) is 18.9 Å². The number of rotatable bonds is 3. The van der Waals surface area contributed by atoms with Gasteiger partial charge in [0.15, 0.2) is 5.75 Å². The van der Waals surface area contributed by atoms with Crippen LogP contribution in [0.5, 0.6) is 11.5 Å². The average molecular weight is 332 g/mol. The minimum Gasteiger partial charge on any atom is -0.478 e. The summed E-state index contributed by atoms with van der Waals surface area (Å²) in [6.07, 6.45) is -4.68. The summed E-state index contributed by atoms with van der Waals surface area (Å²) in [5, 5.41) is 8.64. The molecular formula is C14H9ClF3NO3. The lowest BCUT2D eigenvalue weighted by Gasteiger charge is -2.16. The van der Waals surface area contributed by atoms with E-state index in [4.69, 9.17) is 27.2 Å². The second-order valence-corrected chi connectivity index (χ2v) is 4.62. The normalized spacial score (nSPS) is 11.3. The Bertz CT molecular complexity index is 732. The van der Waals surface area contributed by atoms with E-state index in [9.17, 15) is 18.0 Å². The number of anilines is 1. The number of para-hydroxylation sites is 1. The average Bonchev–Trinajstić information content (AvgIpc) is 2.41. The van der Waals surface area contributed by atoms with Gasteiger partial charge in [0.1, 0.15) is 11.3 Å². The van der Waals surface area contributed by atoms with E-state index in [1.54, 1.807) is 0 Å². The number of benzene rings is 2. The van der Waals surface area contributed by atoms with E-state index in [1.807, 2.05) is 0 Å². The van der Waals surface area contributed by atoms with Crippen LogP contribution in [0, 0.1) is 0 Å². The minimum absolute atomic E-state index is 0.232. The minimum atomic E-state index is -4.68. The van der Waals surface area contributed by atoms with E-state index in [-0.39, 0.29) is 22.0 Å². The largest absolute Gasteiger partial charge is 0.478 e. The molecule has 0 fully saturated rings. The van der Waals surface area contributed by atoms with Gasteiger partial charge in [-0.2, -0.15) is 13.2 Å². The third-order valence-corrected chi connectivity index (χ3v) is 3.15. The van der Waals surface area contributed by atoms with E-state index in [0.717, 1.165) is 12.1 Å². The summed E-state index contributed by atoms with van der Waals surface area (Å²) in [5.74, 6) is -2.18. The maximum Gasteiger partial charge on any atom is 0.420 e. The van der Waals surface area contributed by atoms with E-state index < -0.39 is 23.5 Å². The van der Waals surface area contributed by atoms with Crippen molar-refractivity contribution in [1.29, 1.82) is 0 Å². The Kier molecular flexibility index (Phi) is 4.18. The van der Waals surface area contributed by atoms with Crippen molar-refractivity contribution >= 4 is 23.3 Å². The third-order valence-electron chi connectivity index (χ3n) is 2.76. The molecule has 2 aromatic carbocycles. The highest BCUT2D eigenvalue weighted by molar-refractivity contribution is 6.35. The fourth-order valence-corrected chi connectivity index (χ4v) is 2.00. The maximum atomic E-state index is 13.0. The first-order valence-corrected chi connectivity index (χ1v) is 6.25. The zero-order chi connectivity index (χ0) is 16.5. The summed E-state index contributed by atoms with van der Waals surface area (Å²) < 4.78 is 44.1. The van der Waals surface area contributed by atoms with E-state index in [0.29, 0.717) is 0 Å². The van der Waals surface area contributed by atoms with E-state index in [2.05, 4.69) is 0 Å². The number of hydrogen-bond acceptors (Lipinski definition) is 3. The molecule has 3 N–H and O–H groups in total. The Labute approximate surface area is 127 Å². The van der Waals surface area contributed by atoms with Crippen molar-refractivity contribution in [3.05, 3.63) is 52.5 Å². The van der Waals surface area contributed by atoms with E-state index >= 15 is 0 Å². The van der Waals surface area contributed by atoms with Gasteiger partial charge in [-0.05, 0) is 24.3 Å². The van der Waals surface area contributed by atoms with Crippen molar-refractivity contribution in [3.63, 3.8) is 0 Å². The number of nitrogens with two attached hydrogens (primary N) is 1. The Hall–Kier alpha value is -2.41. The quantitative estimate of drug-likeness (QED) is 0.816. The predicted octanol–water partition coefficient (Wildman–Crippen LogP) is 4.43. The zero-order valence-electron chi connectivity index (χ0n) is 10.8. The van der Waals surface area contributed by atoms with Gasteiger partial charge in [0.25, 0.3) is 0 Å². The van der Waals surface area contributed by atoms with Crippen molar-refractivity contribution in [2.24, 2.45) is 0 Å². The number of ether oxygens (including phenoxy) is 1. The smallest absolute Gasteiger partial charge is 0.420 e. The summed E-state index contributed by atoms with van der Waals surface area (Å²) >= 11 is 5.84. The number of carbonyl (C=O) groups is 1. The number of nitrogen functional groups attached to an aromatic ring is 1.